The van der Waals surface area contributed by atoms with Gasteiger partial charge in [0.25, 0.3) is 0 Å². The van der Waals surface area contributed by atoms with E-state index in [1.165, 1.54) is 6.92 Å². The molecular weight excluding hydrogens is 227 g/mol. The molecule has 2 atom stereocenters. The van der Waals surface area contributed by atoms with Crippen LogP contribution in [0.2, 0.25) is 0 Å². The molecule has 6 N–H and O–H groups in total. The summed E-state index contributed by atoms with van der Waals surface area (Å²) in [6.45, 7) is 1.48. The summed E-state index contributed by atoms with van der Waals surface area (Å²) < 4.78 is 0. The molecule has 0 radical (unpaired) electrons. The van der Waals surface area contributed by atoms with Crippen LogP contribution in [0.5, 0.6) is 0 Å². The number of carbonyl (C=O) groups excluding carboxylic acids is 1. The second-order valence-corrected chi connectivity index (χ2v) is 3.96. The molecule has 17 heavy (non-hydrogen) atoms. The van der Waals surface area contributed by atoms with E-state index in [2.05, 4.69) is 5.32 Å². The van der Waals surface area contributed by atoms with Crippen molar-refractivity contribution in [2.75, 3.05) is 0 Å². The van der Waals surface area contributed by atoms with Crippen molar-refractivity contribution in [2.45, 2.75) is 44.6 Å². The van der Waals surface area contributed by atoms with Gasteiger partial charge in [0.15, 0.2) is 0 Å². The van der Waals surface area contributed by atoms with Crippen molar-refractivity contribution in [3.63, 3.8) is 0 Å². The Morgan fingerprint density at radius 3 is 2.41 bits per heavy atom. The first-order valence-electron chi connectivity index (χ1n) is 5.48. The van der Waals surface area contributed by atoms with Gasteiger partial charge < -0.3 is 26.2 Å². The highest BCUT2D eigenvalue weighted by atomic mass is 16.4. The van der Waals surface area contributed by atoms with Crippen LogP contribution in [-0.4, -0.2) is 46.1 Å². The van der Waals surface area contributed by atoms with E-state index >= 15 is 0 Å². The van der Waals surface area contributed by atoms with Gasteiger partial charge in [0.05, 0.1) is 5.94 Å². The highest BCUT2D eigenvalue weighted by molar-refractivity contribution is 6.43. The smallest absolute Gasteiger partial charge is 0.475 e. The van der Waals surface area contributed by atoms with Gasteiger partial charge >= 0.3 is 13.1 Å². The number of carbonyl (C=O) groups is 2. The minimum Gasteiger partial charge on any atom is -0.480 e. The minimum absolute atomic E-state index is 0.212. The highest BCUT2D eigenvalue weighted by Gasteiger charge is 2.19. The van der Waals surface area contributed by atoms with Gasteiger partial charge in [-0.25, -0.2) is 0 Å². The van der Waals surface area contributed by atoms with E-state index in [9.17, 15) is 9.59 Å². The lowest BCUT2D eigenvalue weighted by molar-refractivity contribution is -0.138. The lowest BCUT2D eigenvalue weighted by Crippen LogP contribution is -2.44. The lowest BCUT2D eigenvalue weighted by atomic mass is 9.81. The molecule has 0 saturated heterocycles. The highest BCUT2D eigenvalue weighted by Crippen LogP contribution is 2.03. The Bertz CT molecular complexity index is 262. The summed E-state index contributed by atoms with van der Waals surface area (Å²) in [5.74, 6) is -2.07. The van der Waals surface area contributed by atoms with Crippen molar-refractivity contribution in [3.05, 3.63) is 0 Å². The van der Waals surface area contributed by atoms with Crippen LogP contribution in [0.4, 0.5) is 0 Å². The number of nitrogens with two attached hydrogens (primary N) is 1. The van der Waals surface area contributed by atoms with Crippen LogP contribution in [0.1, 0.15) is 32.6 Å². The second-order valence-electron chi connectivity index (χ2n) is 3.96. The van der Waals surface area contributed by atoms with Crippen LogP contribution in [0, 0.1) is 0 Å². The summed E-state index contributed by atoms with van der Waals surface area (Å²) in [5.41, 5.74) is 5.29. The van der Waals surface area contributed by atoms with Crippen LogP contribution in [0.3, 0.4) is 0 Å². The fourth-order valence-electron chi connectivity index (χ4n) is 1.17. The Kier molecular flexibility index (Phi) is 7.52. The van der Waals surface area contributed by atoms with E-state index < -0.39 is 25.1 Å². The van der Waals surface area contributed by atoms with Crippen molar-refractivity contribution in [3.8, 4) is 0 Å². The average molecular weight is 246 g/mol. The van der Waals surface area contributed by atoms with E-state index in [-0.39, 0.29) is 12.3 Å². The Morgan fingerprint density at radius 1 is 1.35 bits per heavy atom. The third-order valence-corrected chi connectivity index (χ3v) is 2.32. The first kappa shape index (κ1) is 15.9. The largest absolute Gasteiger partial charge is 0.480 e. The number of hydrogen-bond acceptors (Lipinski definition) is 5. The fourth-order valence-corrected chi connectivity index (χ4v) is 1.17. The molecule has 0 fully saturated rings. The zero-order chi connectivity index (χ0) is 13.4. The van der Waals surface area contributed by atoms with E-state index in [0.717, 1.165) is 0 Å². The summed E-state index contributed by atoms with van der Waals surface area (Å²) >= 11 is 0. The van der Waals surface area contributed by atoms with E-state index in [1.54, 1.807) is 0 Å². The number of unbranched alkanes of at least 4 members (excludes halogenated alkanes) is 1. The Balaban J connectivity index is 3.62. The van der Waals surface area contributed by atoms with Crippen LogP contribution < -0.4 is 11.1 Å². The molecule has 1 amide bonds. The van der Waals surface area contributed by atoms with Gasteiger partial charge in [-0.3, -0.25) is 9.59 Å². The molecular formula is C9H19BN2O5. The number of aliphatic carboxylic acids is 1. The molecule has 0 aromatic heterocycles. The third kappa shape index (κ3) is 7.73. The zero-order valence-electron chi connectivity index (χ0n) is 9.80. The fraction of sp³-hybridized carbons (Fsp3) is 0.778. The molecule has 0 aliphatic carbocycles. The standard InChI is InChI=1S/C9H19BN2O5/c1-6(10(16)17)12-8(13)5-3-2-4-7(11)9(14)15/h6-7,16-17H,2-5,11H2,1H3,(H,12,13)(H,14,15)/t6-,7+/m0/s1. The maximum atomic E-state index is 11.3. The van der Waals surface area contributed by atoms with Gasteiger partial charge in [0.2, 0.25) is 5.91 Å². The van der Waals surface area contributed by atoms with Crippen molar-refractivity contribution in [2.24, 2.45) is 5.73 Å². The zero-order valence-corrected chi connectivity index (χ0v) is 9.80. The minimum atomic E-state index is -1.58. The predicted octanol–water partition coefficient (Wildman–Crippen LogP) is -1.52. The molecule has 0 aliphatic rings. The molecule has 0 unspecified atom stereocenters. The quantitative estimate of drug-likeness (QED) is 0.261. The van der Waals surface area contributed by atoms with Crippen LogP contribution in [0.25, 0.3) is 0 Å². The monoisotopic (exact) mass is 246 g/mol. The number of carboxylic acid groups (broad SMARTS) is 1. The van der Waals surface area contributed by atoms with Crippen molar-refractivity contribution in [1.29, 1.82) is 0 Å². The molecule has 0 aliphatic heterocycles. The third-order valence-electron chi connectivity index (χ3n) is 2.32. The molecule has 7 nitrogen and oxygen atoms in total. The topological polar surface area (TPSA) is 133 Å². The van der Waals surface area contributed by atoms with Gasteiger partial charge in [-0.2, -0.15) is 0 Å². The number of rotatable bonds is 8. The van der Waals surface area contributed by atoms with Crippen molar-refractivity contribution in [1.82, 2.24) is 5.32 Å². The molecule has 0 aromatic carbocycles. The van der Waals surface area contributed by atoms with Gasteiger partial charge in [0, 0.05) is 6.42 Å². The number of amides is 1. The predicted molar refractivity (Wildman–Crippen MR) is 61.9 cm³/mol. The van der Waals surface area contributed by atoms with Gasteiger partial charge in [-0.1, -0.05) is 6.42 Å². The summed E-state index contributed by atoms with van der Waals surface area (Å²) in [4.78, 5) is 21.6. The maximum Gasteiger partial charge on any atom is 0.475 e. The summed E-state index contributed by atoms with van der Waals surface area (Å²) in [6.07, 6.45) is 1.59. The molecule has 0 aromatic rings. The normalized spacial score (nSPS) is 13.9. The van der Waals surface area contributed by atoms with Gasteiger partial charge in [0.1, 0.15) is 6.04 Å². The van der Waals surface area contributed by atoms with E-state index in [1.807, 2.05) is 0 Å². The SMILES string of the molecule is C[C@H](NC(=O)CCCC[C@@H](N)C(=O)O)B(O)O. The van der Waals surface area contributed by atoms with Gasteiger partial charge in [-0.15, -0.1) is 0 Å². The van der Waals surface area contributed by atoms with Crippen LogP contribution in [-0.2, 0) is 9.59 Å². The van der Waals surface area contributed by atoms with Gasteiger partial charge in [-0.05, 0) is 19.8 Å². The second kappa shape index (κ2) is 8.05. The maximum absolute atomic E-state index is 11.3. The van der Waals surface area contributed by atoms with Crippen molar-refractivity contribution >= 4 is 19.0 Å². The van der Waals surface area contributed by atoms with E-state index in [4.69, 9.17) is 20.9 Å². The molecule has 0 saturated carbocycles. The van der Waals surface area contributed by atoms with Crippen LogP contribution >= 0.6 is 0 Å². The van der Waals surface area contributed by atoms with Crippen molar-refractivity contribution < 1.29 is 24.7 Å². The Morgan fingerprint density at radius 2 is 1.94 bits per heavy atom. The Hall–Kier alpha value is -1.12. The first-order chi connectivity index (χ1) is 7.84. The molecule has 98 valence electrons. The first-order valence-corrected chi connectivity index (χ1v) is 5.48. The van der Waals surface area contributed by atoms with Crippen LogP contribution in [0.15, 0.2) is 0 Å². The summed E-state index contributed by atoms with van der Waals surface area (Å²) in [7, 11) is -1.58. The lowest BCUT2D eigenvalue weighted by Gasteiger charge is -2.12. The molecule has 0 heterocycles. The molecule has 0 spiro atoms. The molecule has 0 bridgehead atoms. The molecule has 0 rings (SSSR count). The summed E-state index contributed by atoms with van der Waals surface area (Å²) in [5, 5.41) is 28.4. The van der Waals surface area contributed by atoms with E-state index in [0.29, 0.717) is 19.3 Å². The number of nitrogens with one attached hydrogen (secondary N) is 1. The number of carboxylic acids is 1. The summed E-state index contributed by atoms with van der Waals surface area (Å²) in [6, 6.07) is -0.892. The number of hydrogen-bond donors (Lipinski definition) is 5. The molecule has 8 heteroatoms. The average Bonchev–Trinajstić information content (AvgIpc) is 2.23. The Labute approximate surface area is 100 Å².